The minimum atomic E-state index is -0.727. The van der Waals surface area contributed by atoms with Gasteiger partial charge in [-0.15, -0.1) is 0 Å². The lowest BCUT2D eigenvalue weighted by Crippen LogP contribution is -2.43. The van der Waals surface area contributed by atoms with Gasteiger partial charge < -0.3 is 24.7 Å². The van der Waals surface area contributed by atoms with Crippen LogP contribution in [0.25, 0.3) is 10.9 Å². The van der Waals surface area contributed by atoms with Crippen molar-refractivity contribution in [2.75, 3.05) is 32.1 Å². The maximum Gasteiger partial charge on any atom is 0.409 e. The Labute approximate surface area is 166 Å². The number of H-pyrrole nitrogens is 1. The smallest absolute Gasteiger partial charge is 0.409 e. The Balaban J connectivity index is 1.92. The molecule has 2 aromatic rings. The molecular weight excluding hydrogens is 386 g/mol. The molecule has 150 valence electrons. The number of ether oxygens (including phenoxy) is 2. The van der Waals surface area contributed by atoms with E-state index >= 15 is 0 Å². The van der Waals surface area contributed by atoms with Gasteiger partial charge in [0, 0.05) is 29.5 Å². The highest BCUT2D eigenvalue weighted by Crippen LogP contribution is 2.29. The summed E-state index contributed by atoms with van der Waals surface area (Å²) in [6.45, 7) is 3.14. The van der Waals surface area contributed by atoms with Gasteiger partial charge in [-0.25, -0.2) is 9.59 Å². The molecule has 1 aromatic carbocycles. The van der Waals surface area contributed by atoms with Gasteiger partial charge in [0.15, 0.2) is 0 Å². The number of aromatic amines is 1. The summed E-state index contributed by atoms with van der Waals surface area (Å²) < 4.78 is 9.83. The molecule has 8 nitrogen and oxygen atoms in total. The second-order valence-electron chi connectivity index (χ2n) is 6.49. The predicted octanol–water partition coefficient (Wildman–Crippen LogP) is 3.00. The number of fused-ring (bicyclic) bond motifs is 1. The van der Waals surface area contributed by atoms with Gasteiger partial charge in [0.05, 0.1) is 24.9 Å². The van der Waals surface area contributed by atoms with Crippen molar-refractivity contribution >= 4 is 40.3 Å². The standard InChI is InChI=1S/C19H22ClN3O5/c1-3-28-19(26)23-8-6-12(7-9-23)21-16-13-10-11(20)4-5-14(13)22-17(24)15(16)18(25)27-2/h4-5,10,12H,3,6-9H2,1-2H3,(H2,21,22,24). The maximum atomic E-state index is 12.5. The molecule has 0 aliphatic carbocycles. The summed E-state index contributed by atoms with van der Waals surface area (Å²) in [5.41, 5.74) is 0.328. The number of halogens is 1. The van der Waals surface area contributed by atoms with Gasteiger partial charge in [0.25, 0.3) is 5.56 Å². The summed E-state index contributed by atoms with van der Waals surface area (Å²) >= 11 is 6.13. The number of nitrogens with zero attached hydrogens (tertiary/aromatic N) is 1. The van der Waals surface area contributed by atoms with E-state index in [2.05, 4.69) is 10.3 Å². The minimum absolute atomic E-state index is 0.0296. The first-order chi connectivity index (χ1) is 13.4. The van der Waals surface area contributed by atoms with E-state index in [1.54, 1.807) is 30.0 Å². The van der Waals surface area contributed by atoms with E-state index in [-0.39, 0.29) is 17.7 Å². The molecule has 3 rings (SSSR count). The van der Waals surface area contributed by atoms with E-state index in [9.17, 15) is 14.4 Å². The molecule has 9 heteroatoms. The number of hydrogen-bond donors (Lipinski definition) is 2. The monoisotopic (exact) mass is 407 g/mol. The van der Waals surface area contributed by atoms with Gasteiger partial charge in [-0.1, -0.05) is 11.6 Å². The van der Waals surface area contributed by atoms with Gasteiger partial charge in [-0.05, 0) is 38.0 Å². The maximum absolute atomic E-state index is 12.5. The molecule has 0 radical (unpaired) electrons. The quantitative estimate of drug-likeness (QED) is 0.755. The number of carbonyl (C=O) groups excluding carboxylic acids is 2. The number of carbonyl (C=O) groups is 2. The first-order valence-corrected chi connectivity index (χ1v) is 9.44. The normalized spacial score (nSPS) is 14.8. The van der Waals surface area contributed by atoms with E-state index in [4.69, 9.17) is 21.1 Å². The third-order valence-corrected chi connectivity index (χ3v) is 4.97. The van der Waals surface area contributed by atoms with E-state index in [1.165, 1.54) is 7.11 Å². The van der Waals surface area contributed by atoms with E-state index < -0.39 is 11.5 Å². The van der Waals surface area contributed by atoms with Crippen molar-refractivity contribution in [1.29, 1.82) is 0 Å². The molecule has 0 bridgehead atoms. The highest BCUT2D eigenvalue weighted by Gasteiger charge is 2.27. The number of aromatic nitrogens is 1. The van der Waals surface area contributed by atoms with Crippen molar-refractivity contribution in [3.05, 3.63) is 39.1 Å². The van der Waals surface area contributed by atoms with Crippen LogP contribution < -0.4 is 10.9 Å². The fourth-order valence-electron chi connectivity index (χ4n) is 3.34. The van der Waals surface area contributed by atoms with Crippen LogP contribution in [0.4, 0.5) is 10.5 Å². The zero-order chi connectivity index (χ0) is 20.3. The molecule has 0 atom stereocenters. The Morgan fingerprint density at radius 2 is 2.04 bits per heavy atom. The van der Waals surface area contributed by atoms with Crippen molar-refractivity contribution in [2.45, 2.75) is 25.8 Å². The minimum Gasteiger partial charge on any atom is -0.465 e. The molecule has 1 aliphatic heterocycles. The van der Waals surface area contributed by atoms with Gasteiger partial charge in [-0.3, -0.25) is 4.79 Å². The fourth-order valence-corrected chi connectivity index (χ4v) is 3.51. The molecule has 1 saturated heterocycles. The summed E-state index contributed by atoms with van der Waals surface area (Å²) in [6, 6.07) is 5.02. The van der Waals surface area contributed by atoms with Crippen molar-refractivity contribution in [1.82, 2.24) is 9.88 Å². The summed E-state index contributed by atoms with van der Waals surface area (Å²) in [4.78, 5) is 41.0. The van der Waals surface area contributed by atoms with Crippen LogP contribution >= 0.6 is 11.6 Å². The number of anilines is 1. The van der Waals surface area contributed by atoms with Crippen molar-refractivity contribution in [3.8, 4) is 0 Å². The highest BCUT2D eigenvalue weighted by molar-refractivity contribution is 6.31. The molecule has 1 fully saturated rings. The van der Waals surface area contributed by atoms with E-state index in [0.717, 1.165) is 0 Å². The molecule has 1 amide bonds. The van der Waals surface area contributed by atoms with Crippen LogP contribution in [0.5, 0.6) is 0 Å². The number of nitrogens with one attached hydrogen (secondary N) is 2. The van der Waals surface area contributed by atoms with Crippen LogP contribution in [-0.4, -0.2) is 54.8 Å². The number of methoxy groups -OCH3 is 1. The second kappa shape index (κ2) is 8.52. The van der Waals surface area contributed by atoms with Crippen LogP contribution in [0.1, 0.15) is 30.1 Å². The summed E-state index contributed by atoms with van der Waals surface area (Å²) in [5, 5.41) is 4.42. The van der Waals surface area contributed by atoms with Crippen molar-refractivity contribution < 1.29 is 19.1 Å². The van der Waals surface area contributed by atoms with Gasteiger partial charge >= 0.3 is 12.1 Å². The van der Waals surface area contributed by atoms with Gasteiger partial charge in [0.1, 0.15) is 5.56 Å². The van der Waals surface area contributed by atoms with Crippen molar-refractivity contribution in [3.63, 3.8) is 0 Å². The first-order valence-electron chi connectivity index (χ1n) is 9.06. The third kappa shape index (κ3) is 4.06. The van der Waals surface area contributed by atoms with Crippen LogP contribution in [0, 0.1) is 0 Å². The SMILES string of the molecule is CCOC(=O)N1CCC(Nc2c(C(=O)OC)c(=O)[nH]c3ccc(Cl)cc23)CC1. The first kappa shape index (κ1) is 20.0. The van der Waals surface area contributed by atoms with Gasteiger partial charge in [0.2, 0.25) is 0 Å². The Kier molecular flexibility index (Phi) is 6.08. The molecule has 2 heterocycles. The Morgan fingerprint density at radius 1 is 1.32 bits per heavy atom. The zero-order valence-electron chi connectivity index (χ0n) is 15.7. The average molecular weight is 408 g/mol. The fraction of sp³-hybridized carbons (Fsp3) is 0.421. The molecule has 1 aliphatic rings. The van der Waals surface area contributed by atoms with Crippen LogP contribution in [-0.2, 0) is 9.47 Å². The lowest BCUT2D eigenvalue weighted by Gasteiger charge is -2.32. The largest absolute Gasteiger partial charge is 0.465 e. The lowest BCUT2D eigenvalue weighted by atomic mass is 10.0. The number of esters is 1. The van der Waals surface area contributed by atoms with Crippen LogP contribution in [0.2, 0.25) is 5.02 Å². The summed E-state index contributed by atoms with van der Waals surface area (Å²) in [6.07, 6.45) is 0.965. The predicted molar refractivity (Wildman–Crippen MR) is 106 cm³/mol. The van der Waals surface area contributed by atoms with Crippen LogP contribution in [0.3, 0.4) is 0 Å². The summed E-state index contributed by atoms with van der Waals surface area (Å²) in [5.74, 6) is -0.727. The average Bonchev–Trinajstić information content (AvgIpc) is 2.69. The molecule has 1 aromatic heterocycles. The van der Waals surface area contributed by atoms with E-state index in [1.807, 2.05) is 0 Å². The topological polar surface area (TPSA) is 101 Å². The number of hydrogen-bond acceptors (Lipinski definition) is 6. The highest BCUT2D eigenvalue weighted by atomic mass is 35.5. The zero-order valence-corrected chi connectivity index (χ0v) is 16.5. The van der Waals surface area contributed by atoms with E-state index in [0.29, 0.717) is 54.2 Å². The molecule has 0 saturated carbocycles. The second-order valence-corrected chi connectivity index (χ2v) is 6.93. The van der Waals surface area contributed by atoms with Gasteiger partial charge in [-0.2, -0.15) is 0 Å². The lowest BCUT2D eigenvalue weighted by molar-refractivity contribution is 0.0600. The number of amides is 1. The number of benzene rings is 1. The number of rotatable bonds is 4. The van der Waals surface area contributed by atoms with Crippen LogP contribution in [0.15, 0.2) is 23.0 Å². The van der Waals surface area contributed by atoms with Crippen molar-refractivity contribution in [2.24, 2.45) is 0 Å². The number of pyridine rings is 1. The summed E-state index contributed by atoms with van der Waals surface area (Å²) in [7, 11) is 1.23. The molecular formula is C19H22ClN3O5. The molecule has 2 N–H and O–H groups in total. The molecule has 0 spiro atoms. The molecule has 28 heavy (non-hydrogen) atoms. The molecule has 0 unspecified atom stereocenters. The third-order valence-electron chi connectivity index (χ3n) is 4.74. The Bertz CT molecular complexity index is 950. The number of piperidine rings is 1. The Hall–Kier alpha value is -2.74. The Morgan fingerprint density at radius 3 is 2.68 bits per heavy atom. The number of likely N-dealkylation sites (tertiary alicyclic amines) is 1.